The SMILES string of the molecule is CCNC(C)c1cc(F)ccc1OCc1ccncc1Cl. The molecule has 0 saturated heterocycles. The third-order valence-corrected chi connectivity index (χ3v) is 3.53. The molecule has 0 aliphatic rings. The summed E-state index contributed by atoms with van der Waals surface area (Å²) in [6, 6.07) is 6.35. The van der Waals surface area contributed by atoms with E-state index in [0.717, 1.165) is 17.7 Å². The first-order chi connectivity index (χ1) is 10.1. The van der Waals surface area contributed by atoms with Crippen LogP contribution in [0, 0.1) is 5.82 Å². The zero-order valence-corrected chi connectivity index (χ0v) is 12.8. The Labute approximate surface area is 129 Å². The minimum absolute atomic E-state index is 0.00797. The minimum Gasteiger partial charge on any atom is -0.489 e. The number of benzene rings is 1. The summed E-state index contributed by atoms with van der Waals surface area (Å²) in [7, 11) is 0. The number of rotatable bonds is 6. The molecule has 0 bridgehead atoms. The van der Waals surface area contributed by atoms with Crippen LogP contribution in [0.15, 0.2) is 36.7 Å². The second-order valence-electron chi connectivity index (χ2n) is 4.72. The fraction of sp³-hybridized carbons (Fsp3) is 0.312. The molecule has 1 aromatic carbocycles. The summed E-state index contributed by atoms with van der Waals surface area (Å²) in [4.78, 5) is 3.93. The summed E-state index contributed by atoms with van der Waals surface area (Å²) in [5, 5.41) is 3.81. The number of hydrogen-bond acceptors (Lipinski definition) is 3. The van der Waals surface area contributed by atoms with Gasteiger partial charge in [-0.1, -0.05) is 18.5 Å². The van der Waals surface area contributed by atoms with E-state index in [1.165, 1.54) is 12.1 Å². The second kappa shape index (κ2) is 7.38. The third kappa shape index (κ3) is 4.16. The van der Waals surface area contributed by atoms with Crippen molar-refractivity contribution in [1.82, 2.24) is 10.3 Å². The van der Waals surface area contributed by atoms with Crippen molar-refractivity contribution in [2.24, 2.45) is 0 Å². The molecule has 0 fully saturated rings. The van der Waals surface area contributed by atoms with E-state index in [1.807, 2.05) is 13.8 Å². The maximum Gasteiger partial charge on any atom is 0.124 e. The van der Waals surface area contributed by atoms with Gasteiger partial charge in [0.05, 0.1) is 5.02 Å². The molecule has 0 spiro atoms. The molecule has 1 N–H and O–H groups in total. The summed E-state index contributed by atoms with van der Waals surface area (Å²) in [5.74, 6) is 0.377. The largest absolute Gasteiger partial charge is 0.489 e. The van der Waals surface area contributed by atoms with Gasteiger partial charge in [0.2, 0.25) is 0 Å². The molecule has 21 heavy (non-hydrogen) atoms. The van der Waals surface area contributed by atoms with Crippen molar-refractivity contribution in [3.05, 3.63) is 58.6 Å². The number of aromatic nitrogens is 1. The molecule has 1 heterocycles. The van der Waals surface area contributed by atoms with Gasteiger partial charge in [0, 0.05) is 29.6 Å². The molecule has 3 nitrogen and oxygen atoms in total. The molecule has 0 saturated carbocycles. The Hall–Kier alpha value is -1.65. The van der Waals surface area contributed by atoms with Crippen molar-refractivity contribution in [3.63, 3.8) is 0 Å². The van der Waals surface area contributed by atoms with E-state index in [4.69, 9.17) is 16.3 Å². The number of ether oxygens (including phenoxy) is 1. The molecule has 112 valence electrons. The van der Waals surface area contributed by atoms with Gasteiger partial charge in [0.15, 0.2) is 0 Å². The van der Waals surface area contributed by atoms with Crippen LogP contribution >= 0.6 is 11.6 Å². The predicted molar refractivity (Wildman–Crippen MR) is 82.1 cm³/mol. The zero-order valence-electron chi connectivity index (χ0n) is 12.1. The molecule has 1 unspecified atom stereocenters. The Morgan fingerprint density at radius 2 is 2.19 bits per heavy atom. The van der Waals surface area contributed by atoms with E-state index >= 15 is 0 Å². The molecular formula is C16H18ClFN2O. The van der Waals surface area contributed by atoms with Crippen molar-refractivity contribution in [3.8, 4) is 5.75 Å². The lowest BCUT2D eigenvalue weighted by atomic mass is 10.1. The van der Waals surface area contributed by atoms with Crippen LogP contribution in [-0.2, 0) is 6.61 Å². The Morgan fingerprint density at radius 3 is 2.90 bits per heavy atom. The molecule has 2 rings (SSSR count). The first-order valence-electron chi connectivity index (χ1n) is 6.85. The lowest BCUT2D eigenvalue weighted by Gasteiger charge is -2.18. The lowest BCUT2D eigenvalue weighted by molar-refractivity contribution is 0.299. The van der Waals surface area contributed by atoms with E-state index in [1.54, 1.807) is 24.5 Å². The van der Waals surface area contributed by atoms with E-state index in [2.05, 4.69) is 10.3 Å². The number of hydrogen-bond donors (Lipinski definition) is 1. The summed E-state index contributed by atoms with van der Waals surface area (Å²) in [6.45, 7) is 5.10. The van der Waals surface area contributed by atoms with Crippen LogP contribution in [0.25, 0.3) is 0 Å². The highest BCUT2D eigenvalue weighted by Crippen LogP contribution is 2.27. The van der Waals surface area contributed by atoms with Gasteiger partial charge >= 0.3 is 0 Å². The van der Waals surface area contributed by atoms with E-state index in [0.29, 0.717) is 17.4 Å². The molecule has 5 heteroatoms. The van der Waals surface area contributed by atoms with Crippen LogP contribution in [0.5, 0.6) is 5.75 Å². The van der Waals surface area contributed by atoms with Crippen molar-refractivity contribution in [1.29, 1.82) is 0 Å². The highest BCUT2D eigenvalue weighted by molar-refractivity contribution is 6.31. The smallest absolute Gasteiger partial charge is 0.124 e. The molecular weight excluding hydrogens is 291 g/mol. The van der Waals surface area contributed by atoms with Crippen LogP contribution in [0.3, 0.4) is 0 Å². The summed E-state index contributed by atoms with van der Waals surface area (Å²) >= 11 is 6.05. The monoisotopic (exact) mass is 308 g/mol. The fourth-order valence-electron chi connectivity index (χ4n) is 2.08. The Kier molecular flexibility index (Phi) is 5.53. The van der Waals surface area contributed by atoms with Gasteiger partial charge in [-0.15, -0.1) is 0 Å². The molecule has 0 aliphatic heterocycles. The van der Waals surface area contributed by atoms with E-state index in [9.17, 15) is 4.39 Å². The van der Waals surface area contributed by atoms with Gasteiger partial charge in [0.25, 0.3) is 0 Å². The van der Waals surface area contributed by atoms with Gasteiger partial charge in [-0.3, -0.25) is 4.98 Å². The topological polar surface area (TPSA) is 34.1 Å². The predicted octanol–water partition coefficient (Wildman–Crippen LogP) is 4.12. The number of pyridine rings is 1. The number of nitrogens with one attached hydrogen (secondary N) is 1. The average molecular weight is 309 g/mol. The first-order valence-corrected chi connectivity index (χ1v) is 7.23. The summed E-state index contributed by atoms with van der Waals surface area (Å²) < 4.78 is 19.3. The lowest BCUT2D eigenvalue weighted by Crippen LogP contribution is -2.18. The van der Waals surface area contributed by atoms with Crippen LogP contribution in [0.4, 0.5) is 4.39 Å². The third-order valence-electron chi connectivity index (χ3n) is 3.19. The van der Waals surface area contributed by atoms with E-state index < -0.39 is 0 Å². The molecule has 2 aromatic rings. The maximum absolute atomic E-state index is 13.5. The van der Waals surface area contributed by atoms with Gasteiger partial charge in [-0.2, -0.15) is 0 Å². The normalized spacial score (nSPS) is 12.2. The maximum atomic E-state index is 13.5. The summed E-state index contributed by atoms with van der Waals surface area (Å²) in [6.07, 6.45) is 3.24. The molecule has 1 atom stereocenters. The van der Waals surface area contributed by atoms with Crippen LogP contribution in [-0.4, -0.2) is 11.5 Å². The first kappa shape index (κ1) is 15.7. The molecule has 0 radical (unpaired) electrons. The van der Waals surface area contributed by atoms with Crippen molar-refractivity contribution in [2.75, 3.05) is 6.54 Å². The molecule has 0 amide bonds. The highest BCUT2D eigenvalue weighted by Gasteiger charge is 2.13. The van der Waals surface area contributed by atoms with Crippen LogP contribution in [0.1, 0.15) is 31.0 Å². The van der Waals surface area contributed by atoms with E-state index in [-0.39, 0.29) is 11.9 Å². The van der Waals surface area contributed by atoms with Gasteiger partial charge in [-0.05, 0) is 37.7 Å². The zero-order chi connectivity index (χ0) is 15.2. The van der Waals surface area contributed by atoms with Crippen LogP contribution < -0.4 is 10.1 Å². The quantitative estimate of drug-likeness (QED) is 0.871. The Balaban J connectivity index is 2.18. The van der Waals surface area contributed by atoms with Gasteiger partial charge < -0.3 is 10.1 Å². The van der Waals surface area contributed by atoms with Crippen molar-refractivity contribution >= 4 is 11.6 Å². The minimum atomic E-state index is -0.274. The standard InChI is InChI=1S/C16H18ClFN2O/c1-3-20-11(2)14-8-13(18)4-5-16(14)21-10-12-6-7-19-9-15(12)17/h4-9,11,20H,3,10H2,1-2H3. The molecule has 0 aliphatic carbocycles. The van der Waals surface area contributed by atoms with Crippen LogP contribution in [0.2, 0.25) is 5.02 Å². The Morgan fingerprint density at radius 1 is 1.38 bits per heavy atom. The van der Waals surface area contributed by atoms with Crippen molar-refractivity contribution < 1.29 is 9.13 Å². The summed E-state index contributed by atoms with van der Waals surface area (Å²) in [5.41, 5.74) is 1.64. The second-order valence-corrected chi connectivity index (χ2v) is 5.12. The molecule has 1 aromatic heterocycles. The number of halogens is 2. The average Bonchev–Trinajstić information content (AvgIpc) is 2.47. The Bertz CT molecular complexity index is 607. The van der Waals surface area contributed by atoms with Gasteiger partial charge in [0.1, 0.15) is 18.2 Å². The fourth-order valence-corrected chi connectivity index (χ4v) is 2.26. The van der Waals surface area contributed by atoms with Gasteiger partial charge in [-0.25, -0.2) is 4.39 Å². The number of nitrogens with zero attached hydrogens (tertiary/aromatic N) is 1. The highest BCUT2D eigenvalue weighted by atomic mass is 35.5. The van der Waals surface area contributed by atoms with Crippen molar-refractivity contribution in [2.45, 2.75) is 26.5 Å².